The highest BCUT2D eigenvalue weighted by atomic mass is 35.5. The van der Waals surface area contributed by atoms with Gasteiger partial charge in [0.1, 0.15) is 0 Å². The normalized spacial score (nSPS) is 9.40. The first kappa shape index (κ1) is 7.57. The SMILES string of the molecule is CNC(=O)c1ccc(Cl)s1. The number of hydrogen-bond donors (Lipinski definition) is 1. The Morgan fingerprint density at radius 1 is 1.70 bits per heavy atom. The molecule has 10 heavy (non-hydrogen) atoms. The van der Waals surface area contributed by atoms with E-state index in [0.29, 0.717) is 9.21 Å². The molecule has 54 valence electrons. The van der Waals surface area contributed by atoms with Gasteiger partial charge in [-0.15, -0.1) is 11.3 Å². The van der Waals surface area contributed by atoms with Crippen molar-refractivity contribution in [3.63, 3.8) is 0 Å². The summed E-state index contributed by atoms with van der Waals surface area (Å²) in [6.45, 7) is 0. The number of rotatable bonds is 1. The monoisotopic (exact) mass is 175 g/mol. The van der Waals surface area contributed by atoms with Crippen LogP contribution in [0.5, 0.6) is 0 Å². The first-order valence-electron chi connectivity index (χ1n) is 2.71. The summed E-state index contributed by atoms with van der Waals surface area (Å²) < 4.78 is 0.638. The van der Waals surface area contributed by atoms with Gasteiger partial charge in [0, 0.05) is 7.05 Å². The average Bonchev–Trinajstić information content (AvgIpc) is 2.34. The second kappa shape index (κ2) is 3.03. The second-order valence-electron chi connectivity index (χ2n) is 1.68. The van der Waals surface area contributed by atoms with E-state index in [1.54, 1.807) is 19.2 Å². The lowest BCUT2D eigenvalue weighted by Crippen LogP contribution is -2.15. The van der Waals surface area contributed by atoms with Crippen molar-refractivity contribution in [2.75, 3.05) is 7.05 Å². The van der Waals surface area contributed by atoms with Crippen molar-refractivity contribution in [1.29, 1.82) is 0 Å². The van der Waals surface area contributed by atoms with Crippen molar-refractivity contribution < 1.29 is 4.79 Å². The van der Waals surface area contributed by atoms with E-state index in [4.69, 9.17) is 11.6 Å². The van der Waals surface area contributed by atoms with E-state index in [-0.39, 0.29) is 5.91 Å². The highest BCUT2D eigenvalue weighted by Crippen LogP contribution is 2.20. The summed E-state index contributed by atoms with van der Waals surface area (Å²) in [6.07, 6.45) is 0. The Kier molecular flexibility index (Phi) is 2.29. The molecule has 0 fully saturated rings. The van der Waals surface area contributed by atoms with Crippen LogP contribution in [-0.4, -0.2) is 13.0 Å². The third kappa shape index (κ3) is 1.49. The van der Waals surface area contributed by atoms with Gasteiger partial charge in [-0.25, -0.2) is 0 Å². The van der Waals surface area contributed by atoms with Crippen molar-refractivity contribution in [2.45, 2.75) is 0 Å². The summed E-state index contributed by atoms with van der Waals surface area (Å²) in [5.74, 6) is -0.0862. The van der Waals surface area contributed by atoms with Gasteiger partial charge < -0.3 is 5.32 Å². The average molecular weight is 176 g/mol. The van der Waals surface area contributed by atoms with Crippen LogP contribution in [-0.2, 0) is 0 Å². The Bertz CT molecular complexity index is 246. The van der Waals surface area contributed by atoms with Crippen LogP contribution in [0.15, 0.2) is 12.1 Å². The highest BCUT2D eigenvalue weighted by Gasteiger charge is 2.04. The minimum Gasteiger partial charge on any atom is -0.354 e. The third-order valence-electron chi connectivity index (χ3n) is 1.02. The summed E-state index contributed by atoms with van der Waals surface area (Å²) in [5, 5.41) is 2.51. The van der Waals surface area contributed by atoms with Crippen molar-refractivity contribution >= 4 is 28.8 Å². The Hall–Kier alpha value is -0.540. The molecule has 1 amide bonds. The first-order valence-corrected chi connectivity index (χ1v) is 3.91. The Morgan fingerprint density at radius 2 is 2.40 bits per heavy atom. The second-order valence-corrected chi connectivity index (χ2v) is 3.40. The minimum atomic E-state index is -0.0862. The number of halogens is 1. The largest absolute Gasteiger partial charge is 0.354 e. The third-order valence-corrected chi connectivity index (χ3v) is 2.25. The van der Waals surface area contributed by atoms with Gasteiger partial charge in [-0.2, -0.15) is 0 Å². The van der Waals surface area contributed by atoms with Crippen LogP contribution in [0.3, 0.4) is 0 Å². The fraction of sp³-hybridized carbons (Fsp3) is 0.167. The number of amides is 1. The molecule has 0 radical (unpaired) electrons. The topological polar surface area (TPSA) is 29.1 Å². The van der Waals surface area contributed by atoms with Crippen LogP contribution in [0.2, 0.25) is 4.34 Å². The molecular formula is C6H6ClNOS. The maximum absolute atomic E-state index is 10.9. The van der Waals surface area contributed by atoms with Crippen LogP contribution in [0, 0.1) is 0 Å². The molecular weight excluding hydrogens is 170 g/mol. The molecule has 4 heteroatoms. The molecule has 2 nitrogen and oxygen atoms in total. The van der Waals surface area contributed by atoms with Crippen LogP contribution < -0.4 is 5.32 Å². The minimum absolute atomic E-state index is 0.0862. The van der Waals surface area contributed by atoms with Crippen LogP contribution >= 0.6 is 22.9 Å². The lowest BCUT2D eigenvalue weighted by atomic mass is 10.4. The quantitative estimate of drug-likeness (QED) is 0.693. The van der Waals surface area contributed by atoms with Gasteiger partial charge in [0.2, 0.25) is 0 Å². The zero-order valence-corrected chi connectivity index (χ0v) is 6.92. The molecule has 0 unspecified atom stereocenters. The zero-order chi connectivity index (χ0) is 7.56. The number of hydrogen-bond acceptors (Lipinski definition) is 2. The number of thiophene rings is 1. The van der Waals surface area contributed by atoms with Crippen molar-refractivity contribution in [1.82, 2.24) is 5.32 Å². The van der Waals surface area contributed by atoms with Crippen molar-refractivity contribution in [2.24, 2.45) is 0 Å². The van der Waals surface area contributed by atoms with E-state index < -0.39 is 0 Å². The Balaban J connectivity index is 2.85. The van der Waals surface area contributed by atoms with Crippen molar-refractivity contribution in [3.05, 3.63) is 21.3 Å². The molecule has 1 aromatic heterocycles. The van der Waals surface area contributed by atoms with Gasteiger partial charge in [-0.05, 0) is 12.1 Å². The highest BCUT2D eigenvalue weighted by molar-refractivity contribution is 7.17. The Labute approximate surface area is 67.8 Å². The standard InChI is InChI=1S/C6H6ClNOS/c1-8-6(9)4-2-3-5(7)10-4/h2-3H,1H3,(H,8,9). The van der Waals surface area contributed by atoms with E-state index in [9.17, 15) is 4.79 Å². The summed E-state index contributed by atoms with van der Waals surface area (Å²) in [5.41, 5.74) is 0. The van der Waals surface area contributed by atoms with Gasteiger partial charge in [0.05, 0.1) is 9.21 Å². The molecule has 1 N–H and O–H groups in total. The van der Waals surface area contributed by atoms with Crippen LogP contribution in [0.25, 0.3) is 0 Å². The van der Waals surface area contributed by atoms with E-state index in [0.717, 1.165) is 0 Å². The molecule has 0 saturated heterocycles. The lowest BCUT2D eigenvalue weighted by molar-refractivity contribution is 0.0967. The smallest absolute Gasteiger partial charge is 0.261 e. The van der Waals surface area contributed by atoms with Crippen LogP contribution in [0.1, 0.15) is 9.67 Å². The maximum atomic E-state index is 10.9. The fourth-order valence-electron chi connectivity index (χ4n) is 0.560. The molecule has 1 rings (SSSR count). The fourth-order valence-corrected chi connectivity index (χ4v) is 1.55. The molecule has 0 aliphatic heterocycles. The molecule has 0 bridgehead atoms. The molecule has 0 saturated carbocycles. The number of carbonyl (C=O) groups is 1. The van der Waals surface area contributed by atoms with Crippen LogP contribution in [0.4, 0.5) is 0 Å². The van der Waals surface area contributed by atoms with Crippen molar-refractivity contribution in [3.8, 4) is 0 Å². The predicted molar refractivity (Wildman–Crippen MR) is 42.7 cm³/mol. The number of carbonyl (C=O) groups excluding carboxylic acids is 1. The predicted octanol–water partition coefficient (Wildman–Crippen LogP) is 1.76. The summed E-state index contributed by atoms with van der Waals surface area (Å²) >= 11 is 6.87. The molecule has 0 aliphatic carbocycles. The van der Waals surface area contributed by atoms with Gasteiger partial charge in [-0.3, -0.25) is 4.79 Å². The molecule has 0 aliphatic rings. The maximum Gasteiger partial charge on any atom is 0.261 e. The lowest BCUT2D eigenvalue weighted by Gasteiger charge is -1.90. The zero-order valence-electron chi connectivity index (χ0n) is 5.35. The van der Waals surface area contributed by atoms with E-state index in [1.165, 1.54) is 11.3 Å². The number of nitrogens with one attached hydrogen (secondary N) is 1. The van der Waals surface area contributed by atoms with Gasteiger partial charge in [0.25, 0.3) is 5.91 Å². The van der Waals surface area contributed by atoms with Gasteiger partial charge in [-0.1, -0.05) is 11.6 Å². The van der Waals surface area contributed by atoms with E-state index in [2.05, 4.69) is 5.32 Å². The molecule has 0 atom stereocenters. The van der Waals surface area contributed by atoms with Gasteiger partial charge in [0.15, 0.2) is 0 Å². The Morgan fingerprint density at radius 3 is 2.80 bits per heavy atom. The first-order chi connectivity index (χ1) is 4.74. The summed E-state index contributed by atoms with van der Waals surface area (Å²) in [6, 6.07) is 3.41. The molecule has 1 aromatic rings. The van der Waals surface area contributed by atoms with E-state index in [1.807, 2.05) is 0 Å². The molecule has 0 spiro atoms. The summed E-state index contributed by atoms with van der Waals surface area (Å²) in [7, 11) is 1.59. The van der Waals surface area contributed by atoms with E-state index >= 15 is 0 Å². The van der Waals surface area contributed by atoms with Gasteiger partial charge >= 0.3 is 0 Å². The molecule has 1 heterocycles. The molecule has 0 aromatic carbocycles. The summed E-state index contributed by atoms with van der Waals surface area (Å²) in [4.78, 5) is 11.5.